The Bertz CT molecular complexity index is 567. The first-order valence-electron chi connectivity index (χ1n) is 6.90. The SMILES string of the molecule is Cc1cc2c(SCCO[C@H]3CCCCO3)ncnc2s1. The first-order valence-corrected chi connectivity index (χ1v) is 8.70. The highest BCUT2D eigenvalue weighted by Gasteiger charge is 2.14. The van der Waals surface area contributed by atoms with Crippen molar-refractivity contribution in [2.24, 2.45) is 0 Å². The molecule has 3 rings (SSSR count). The highest BCUT2D eigenvalue weighted by atomic mass is 32.2. The smallest absolute Gasteiger partial charge is 0.157 e. The summed E-state index contributed by atoms with van der Waals surface area (Å²) in [5.41, 5.74) is 0. The van der Waals surface area contributed by atoms with Gasteiger partial charge in [0.2, 0.25) is 0 Å². The number of fused-ring (bicyclic) bond motifs is 1. The van der Waals surface area contributed by atoms with E-state index < -0.39 is 0 Å². The van der Waals surface area contributed by atoms with Gasteiger partial charge in [-0.2, -0.15) is 0 Å². The van der Waals surface area contributed by atoms with Crippen LogP contribution in [-0.2, 0) is 9.47 Å². The number of nitrogens with zero attached hydrogens (tertiary/aromatic N) is 2. The maximum atomic E-state index is 5.74. The van der Waals surface area contributed by atoms with E-state index in [4.69, 9.17) is 9.47 Å². The summed E-state index contributed by atoms with van der Waals surface area (Å²) in [5, 5.41) is 2.21. The number of aryl methyl sites for hydroxylation is 1. The van der Waals surface area contributed by atoms with Crippen molar-refractivity contribution < 1.29 is 9.47 Å². The molecule has 0 unspecified atom stereocenters. The quantitative estimate of drug-likeness (QED) is 0.479. The van der Waals surface area contributed by atoms with Gasteiger partial charge in [0.05, 0.1) is 6.61 Å². The molecule has 1 atom stereocenters. The van der Waals surface area contributed by atoms with Crippen molar-refractivity contribution in [3.63, 3.8) is 0 Å². The summed E-state index contributed by atoms with van der Waals surface area (Å²) in [5.74, 6) is 0.890. The van der Waals surface area contributed by atoms with Crippen molar-refractivity contribution in [3.8, 4) is 0 Å². The molecule has 2 aromatic rings. The number of ether oxygens (including phenoxy) is 2. The van der Waals surface area contributed by atoms with E-state index in [1.807, 2.05) is 0 Å². The van der Waals surface area contributed by atoms with Crippen LogP contribution < -0.4 is 0 Å². The third-order valence-electron chi connectivity index (χ3n) is 3.18. The van der Waals surface area contributed by atoms with Gasteiger partial charge in [-0.05, 0) is 32.3 Å². The predicted molar refractivity (Wildman–Crippen MR) is 82.4 cm³/mol. The van der Waals surface area contributed by atoms with Crippen LogP contribution in [0, 0.1) is 6.92 Å². The largest absolute Gasteiger partial charge is 0.353 e. The van der Waals surface area contributed by atoms with Gasteiger partial charge in [0.1, 0.15) is 16.2 Å². The van der Waals surface area contributed by atoms with E-state index in [1.165, 1.54) is 11.3 Å². The van der Waals surface area contributed by atoms with Crippen LogP contribution in [0.15, 0.2) is 17.4 Å². The second kappa shape index (κ2) is 6.85. The van der Waals surface area contributed by atoms with Gasteiger partial charge in [0.25, 0.3) is 0 Å². The maximum absolute atomic E-state index is 5.74. The summed E-state index contributed by atoms with van der Waals surface area (Å²) in [4.78, 5) is 11.0. The highest BCUT2D eigenvalue weighted by Crippen LogP contribution is 2.30. The molecule has 1 saturated heterocycles. The van der Waals surface area contributed by atoms with Crippen LogP contribution in [0.4, 0.5) is 0 Å². The van der Waals surface area contributed by atoms with Crippen LogP contribution in [0.2, 0.25) is 0 Å². The molecule has 1 aliphatic rings. The summed E-state index contributed by atoms with van der Waals surface area (Å²) in [7, 11) is 0. The van der Waals surface area contributed by atoms with Gasteiger partial charge in [0.15, 0.2) is 6.29 Å². The molecule has 1 fully saturated rings. The van der Waals surface area contributed by atoms with E-state index in [2.05, 4.69) is 23.0 Å². The van der Waals surface area contributed by atoms with Gasteiger partial charge < -0.3 is 9.47 Å². The molecule has 0 amide bonds. The van der Waals surface area contributed by atoms with Crippen molar-refractivity contribution >= 4 is 33.3 Å². The fourth-order valence-corrected chi connectivity index (χ4v) is 3.95. The molecule has 20 heavy (non-hydrogen) atoms. The summed E-state index contributed by atoms with van der Waals surface area (Å²) in [6.45, 7) is 3.63. The zero-order valence-electron chi connectivity index (χ0n) is 11.5. The summed E-state index contributed by atoms with van der Waals surface area (Å²) >= 11 is 3.44. The van der Waals surface area contributed by atoms with Gasteiger partial charge in [-0.3, -0.25) is 0 Å². The highest BCUT2D eigenvalue weighted by molar-refractivity contribution is 7.99. The van der Waals surface area contributed by atoms with Crippen LogP contribution >= 0.6 is 23.1 Å². The summed E-state index contributed by atoms with van der Waals surface area (Å²) in [6.07, 6.45) is 5.03. The monoisotopic (exact) mass is 310 g/mol. The van der Waals surface area contributed by atoms with Gasteiger partial charge in [-0.25, -0.2) is 9.97 Å². The zero-order valence-corrected chi connectivity index (χ0v) is 13.1. The predicted octanol–water partition coefficient (Wildman–Crippen LogP) is 3.64. The minimum atomic E-state index is -0.00170. The molecule has 1 aliphatic heterocycles. The number of aromatic nitrogens is 2. The molecule has 6 heteroatoms. The van der Waals surface area contributed by atoms with Crippen molar-refractivity contribution in [2.75, 3.05) is 19.0 Å². The number of thioether (sulfide) groups is 1. The van der Waals surface area contributed by atoms with Gasteiger partial charge >= 0.3 is 0 Å². The molecular weight excluding hydrogens is 292 g/mol. The lowest BCUT2D eigenvalue weighted by atomic mass is 10.2. The molecule has 0 aliphatic carbocycles. The van der Waals surface area contributed by atoms with Crippen molar-refractivity contribution in [1.82, 2.24) is 9.97 Å². The minimum absolute atomic E-state index is 0.00170. The standard InChI is InChI=1S/C14H18N2O2S2/c1-10-8-11-13(15-9-16-14(11)20-10)19-7-6-18-12-4-2-3-5-17-12/h8-9,12H,2-7H2,1H3/t12-/m0/s1. The van der Waals surface area contributed by atoms with Gasteiger partial charge in [0, 0.05) is 22.6 Å². The lowest BCUT2D eigenvalue weighted by Gasteiger charge is -2.22. The first-order chi connectivity index (χ1) is 9.83. The Kier molecular flexibility index (Phi) is 4.88. The Labute approximate surface area is 126 Å². The molecule has 2 aromatic heterocycles. The van der Waals surface area contributed by atoms with Crippen molar-refractivity contribution in [2.45, 2.75) is 37.5 Å². The molecule has 0 spiro atoms. The van der Waals surface area contributed by atoms with Crippen LogP contribution in [0.3, 0.4) is 0 Å². The fourth-order valence-electron chi connectivity index (χ4n) is 2.23. The molecule has 108 valence electrons. The Hall–Kier alpha value is -0.690. The molecule has 0 N–H and O–H groups in total. The average Bonchev–Trinajstić information content (AvgIpc) is 2.86. The fraction of sp³-hybridized carbons (Fsp3) is 0.571. The van der Waals surface area contributed by atoms with E-state index >= 15 is 0 Å². The van der Waals surface area contributed by atoms with E-state index in [0.717, 1.165) is 40.4 Å². The van der Waals surface area contributed by atoms with Crippen LogP contribution in [0.5, 0.6) is 0 Å². The topological polar surface area (TPSA) is 44.2 Å². The zero-order chi connectivity index (χ0) is 13.8. The normalized spacial score (nSPS) is 19.6. The third kappa shape index (κ3) is 3.49. The number of hydrogen-bond donors (Lipinski definition) is 0. The second-order valence-electron chi connectivity index (χ2n) is 4.77. The molecule has 3 heterocycles. The van der Waals surface area contributed by atoms with E-state index in [1.54, 1.807) is 29.4 Å². The minimum Gasteiger partial charge on any atom is -0.353 e. The van der Waals surface area contributed by atoms with Gasteiger partial charge in [-0.15, -0.1) is 23.1 Å². The maximum Gasteiger partial charge on any atom is 0.157 e. The molecular formula is C14H18N2O2S2. The van der Waals surface area contributed by atoms with Crippen LogP contribution in [0.1, 0.15) is 24.1 Å². The van der Waals surface area contributed by atoms with E-state index in [9.17, 15) is 0 Å². The Balaban J connectivity index is 1.52. The summed E-state index contributed by atoms with van der Waals surface area (Å²) < 4.78 is 11.3. The second-order valence-corrected chi connectivity index (χ2v) is 7.09. The van der Waals surface area contributed by atoms with Crippen molar-refractivity contribution in [1.29, 1.82) is 0 Å². The lowest BCUT2D eigenvalue weighted by molar-refractivity contribution is -0.158. The molecule has 0 aromatic carbocycles. The number of rotatable bonds is 5. The third-order valence-corrected chi connectivity index (χ3v) is 5.11. The first kappa shape index (κ1) is 14.3. The Morgan fingerprint density at radius 2 is 2.40 bits per heavy atom. The van der Waals surface area contributed by atoms with E-state index in [0.29, 0.717) is 6.61 Å². The molecule has 0 bridgehead atoms. The number of thiophene rings is 1. The lowest BCUT2D eigenvalue weighted by Crippen LogP contribution is -2.23. The molecule has 0 saturated carbocycles. The average molecular weight is 310 g/mol. The van der Waals surface area contributed by atoms with Crippen LogP contribution in [0.25, 0.3) is 10.2 Å². The molecule has 0 radical (unpaired) electrons. The number of hydrogen-bond acceptors (Lipinski definition) is 6. The Morgan fingerprint density at radius 1 is 1.45 bits per heavy atom. The Morgan fingerprint density at radius 3 is 3.25 bits per heavy atom. The van der Waals surface area contributed by atoms with Crippen LogP contribution in [-0.4, -0.2) is 35.2 Å². The molecule has 4 nitrogen and oxygen atoms in total. The summed E-state index contributed by atoms with van der Waals surface area (Å²) in [6, 6.07) is 2.16. The van der Waals surface area contributed by atoms with Crippen molar-refractivity contribution in [3.05, 3.63) is 17.3 Å². The van der Waals surface area contributed by atoms with Gasteiger partial charge in [-0.1, -0.05) is 0 Å². The van der Waals surface area contributed by atoms with E-state index in [-0.39, 0.29) is 6.29 Å².